The van der Waals surface area contributed by atoms with E-state index in [0.717, 1.165) is 95.3 Å². The van der Waals surface area contributed by atoms with Crippen molar-refractivity contribution in [2.75, 3.05) is 56.6 Å². The Morgan fingerprint density at radius 2 is 1.71 bits per heavy atom. The number of methoxy groups -OCH3 is 1. The number of ether oxygens (including phenoxy) is 2. The maximum atomic E-state index is 14.1. The van der Waals surface area contributed by atoms with Crippen molar-refractivity contribution in [2.24, 2.45) is 11.3 Å². The number of aromatic amines is 1. The Bertz CT molecular complexity index is 3160. The number of amides is 1. The van der Waals surface area contributed by atoms with E-state index in [0.29, 0.717) is 47.4 Å². The Labute approximate surface area is 444 Å². The molecule has 2 aromatic heterocycles. The summed E-state index contributed by atoms with van der Waals surface area (Å²) >= 11 is 6.45. The molecule has 1 atom stereocenters. The normalized spacial score (nSPS) is 21.5. The van der Waals surface area contributed by atoms with Crippen LogP contribution in [0.5, 0.6) is 17.2 Å². The third-order valence-electron chi connectivity index (χ3n) is 16.4. The summed E-state index contributed by atoms with van der Waals surface area (Å²) in [5, 5.41) is 26.8. The van der Waals surface area contributed by atoms with Gasteiger partial charge in [0.15, 0.2) is 0 Å². The number of hydrogen-bond donors (Lipinski definition) is 4. The summed E-state index contributed by atoms with van der Waals surface area (Å²) in [7, 11) is -2.91. The average Bonchev–Trinajstić information content (AvgIpc) is 3.76. The number of carbonyl (C=O) groups excluding carboxylic acids is 1. The topological polar surface area (TPSA) is 195 Å². The number of piperazine rings is 1. The van der Waals surface area contributed by atoms with Crippen LogP contribution < -0.4 is 24.4 Å². The van der Waals surface area contributed by atoms with Gasteiger partial charge in [0.05, 0.1) is 39.3 Å². The lowest BCUT2D eigenvalue weighted by molar-refractivity contribution is -0.384. The highest BCUT2D eigenvalue weighted by molar-refractivity contribution is 7.90. The van der Waals surface area contributed by atoms with Gasteiger partial charge in [-0.05, 0) is 135 Å². The van der Waals surface area contributed by atoms with Crippen molar-refractivity contribution in [1.82, 2.24) is 24.5 Å². The van der Waals surface area contributed by atoms with Gasteiger partial charge in [0.1, 0.15) is 28.6 Å². The summed E-state index contributed by atoms with van der Waals surface area (Å²) in [6, 6.07) is 28.5. The Balaban J connectivity index is 0.837. The number of pyridine rings is 1. The first-order chi connectivity index (χ1) is 35.9. The van der Waals surface area contributed by atoms with Gasteiger partial charge in [-0.2, -0.15) is 0 Å². The fourth-order valence-electron chi connectivity index (χ4n) is 11.9. The minimum absolute atomic E-state index is 0.0603. The molecule has 1 spiro atoms. The second-order valence-electron chi connectivity index (χ2n) is 21.8. The lowest BCUT2D eigenvalue weighted by Crippen LogP contribution is -2.60. The largest absolute Gasteiger partial charge is 0.497 e. The Morgan fingerprint density at radius 1 is 0.960 bits per heavy atom. The van der Waals surface area contributed by atoms with Gasteiger partial charge in [0, 0.05) is 87.3 Å². The van der Waals surface area contributed by atoms with E-state index < -0.39 is 37.0 Å². The zero-order valence-electron chi connectivity index (χ0n) is 43.1. The standard InChI is InChI=1S/C57H67ClN8O8S/c1-37(2)45-7-5-6-8-46(45)52-36-63(35-39-9-12-42(73-4)13-10-39)25-26-65(52)41-30-57(31-41)21-23-64(24-22-57)40-11-15-47(53(27-40)74-43-28-48-49(58)34-61-54(48)60-33-43)55(67)62-75(71,72)44-14-16-50(51(29-44)66(69)70)59-32-38-17-19-56(3,68)20-18-38/h5-16,27-29,33-34,37-38,41,52,59,68H,17-26,30-32,35-36H2,1-4H3,(H,60,61)(H,62,67)/t38?,52-,56?/m0/s1. The van der Waals surface area contributed by atoms with Crippen molar-refractivity contribution in [3.05, 3.63) is 141 Å². The number of hydrogen-bond acceptors (Lipinski definition) is 13. The molecule has 4 heterocycles. The van der Waals surface area contributed by atoms with Crippen LogP contribution in [0.1, 0.15) is 111 Å². The van der Waals surface area contributed by atoms with Crippen LogP contribution in [-0.2, 0) is 16.6 Å². The third-order valence-corrected chi connectivity index (χ3v) is 18.0. The van der Waals surface area contributed by atoms with Crippen molar-refractivity contribution in [3.8, 4) is 17.2 Å². The number of H-pyrrole nitrogens is 1. The van der Waals surface area contributed by atoms with Gasteiger partial charge in [-0.3, -0.25) is 24.7 Å². The number of piperidine rings is 1. The molecular formula is C57H67ClN8O8S. The van der Waals surface area contributed by atoms with Crippen molar-refractivity contribution < 1.29 is 32.7 Å². The second kappa shape index (κ2) is 21.4. The zero-order chi connectivity index (χ0) is 52.6. The summed E-state index contributed by atoms with van der Waals surface area (Å²) < 4.78 is 41.7. The van der Waals surface area contributed by atoms with Crippen LogP contribution in [0.25, 0.3) is 11.0 Å². The quantitative estimate of drug-likeness (QED) is 0.0529. The van der Waals surface area contributed by atoms with E-state index in [-0.39, 0.29) is 40.1 Å². The van der Waals surface area contributed by atoms with Gasteiger partial charge in [-0.25, -0.2) is 18.1 Å². The molecule has 4 fully saturated rings. The molecule has 10 rings (SSSR count). The number of aromatic nitrogens is 2. The number of sulfonamides is 1. The van der Waals surface area contributed by atoms with Gasteiger partial charge in [0.2, 0.25) is 0 Å². The summed E-state index contributed by atoms with van der Waals surface area (Å²) in [6.07, 6.45) is 10.1. The van der Waals surface area contributed by atoms with E-state index in [1.165, 1.54) is 35.0 Å². The van der Waals surface area contributed by atoms with Crippen LogP contribution in [0.4, 0.5) is 17.1 Å². The molecule has 75 heavy (non-hydrogen) atoms. The minimum atomic E-state index is -4.61. The number of halogens is 1. The molecule has 6 aromatic rings. The Morgan fingerprint density at radius 3 is 2.43 bits per heavy atom. The molecule has 396 valence electrons. The van der Waals surface area contributed by atoms with Gasteiger partial charge in [-0.1, -0.05) is 61.8 Å². The monoisotopic (exact) mass is 1060 g/mol. The van der Waals surface area contributed by atoms with Crippen molar-refractivity contribution in [1.29, 1.82) is 0 Å². The number of nitro groups is 1. The van der Waals surface area contributed by atoms with Crippen molar-refractivity contribution >= 4 is 55.6 Å². The molecule has 4 aliphatic rings. The van der Waals surface area contributed by atoms with E-state index in [4.69, 9.17) is 21.1 Å². The first-order valence-corrected chi connectivity index (χ1v) is 28.0. The molecule has 2 saturated carbocycles. The molecule has 1 amide bonds. The number of fused-ring (bicyclic) bond motifs is 1. The van der Waals surface area contributed by atoms with Crippen LogP contribution >= 0.6 is 11.6 Å². The molecule has 18 heteroatoms. The molecule has 16 nitrogen and oxygen atoms in total. The number of aliphatic hydroxyl groups is 1. The number of nitrogens with zero attached hydrogens (tertiary/aromatic N) is 5. The molecule has 4 N–H and O–H groups in total. The predicted octanol–water partition coefficient (Wildman–Crippen LogP) is 10.8. The fraction of sp³-hybridized carbons (Fsp3) is 0.439. The molecular weight excluding hydrogens is 992 g/mol. The highest BCUT2D eigenvalue weighted by atomic mass is 35.5. The van der Waals surface area contributed by atoms with E-state index in [1.54, 1.807) is 37.6 Å². The molecule has 0 unspecified atom stereocenters. The second-order valence-corrected chi connectivity index (χ2v) is 23.9. The van der Waals surface area contributed by atoms with Gasteiger partial charge in [-0.15, -0.1) is 0 Å². The number of benzene rings is 4. The van der Waals surface area contributed by atoms with E-state index in [2.05, 4.69) is 85.0 Å². The molecule has 0 bridgehead atoms. The lowest BCUT2D eigenvalue weighted by Gasteiger charge is -2.58. The van der Waals surface area contributed by atoms with Gasteiger partial charge < -0.3 is 29.8 Å². The third kappa shape index (κ3) is 11.5. The van der Waals surface area contributed by atoms with Crippen molar-refractivity contribution in [2.45, 2.75) is 107 Å². The summed E-state index contributed by atoms with van der Waals surface area (Å²) in [5.74, 6) is 0.877. The maximum absolute atomic E-state index is 14.1. The number of nitro benzene ring substituents is 1. The molecule has 2 aliphatic heterocycles. The fourth-order valence-corrected chi connectivity index (χ4v) is 13.1. The maximum Gasteiger partial charge on any atom is 0.293 e. The van der Waals surface area contributed by atoms with E-state index in [9.17, 15) is 28.4 Å². The molecule has 4 aromatic carbocycles. The number of rotatable bonds is 16. The SMILES string of the molecule is COc1ccc(CN2CCN(C3CC4(CCN(c5ccc(C(=O)NS(=O)(=O)c6ccc(NCC7CCC(C)(O)CC7)c([N+](=O)[O-])c6)c(Oc6cnc7[nH]cc(Cl)c7c6)c5)CC4)C3)[C@H](c3ccccc3C(C)C)C2)cc1. The van der Waals surface area contributed by atoms with Gasteiger partial charge >= 0.3 is 0 Å². The number of nitrogens with one attached hydrogen (secondary N) is 3. The summed E-state index contributed by atoms with van der Waals surface area (Å²) in [6.45, 7) is 12.2. The first kappa shape index (κ1) is 52.2. The smallest absolute Gasteiger partial charge is 0.293 e. The Hall–Kier alpha value is -6.24. The van der Waals surface area contributed by atoms with Crippen LogP contribution in [0.2, 0.25) is 5.02 Å². The average molecular weight is 1060 g/mol. The minimum Gasteiger partial charge on any atom is -0.497 e. The highest BCUT2D eigenvalue weighted by Crippen LogP contribution is 2.53. The highest BCUT2D eigenvalue weighted by Gasteiger charge is 2.50. The number of anilines is 2. The van der Waals surface area contributed by atoms with E-state index >= 15 is 0 Å². The van der Waals surface area contributed by atoms with Gasteiger partial charge in [0.25, 0.3) is 21.6 Å². The summed E-state index contributed by atoms with van der Waals surface area (Å²) in [5.41, 5.74) is 4.65. The molecule has 2 saturated heterocycles. The van der Waals surface area contributed by atoms with Crippen LogP contribution in [0, 0.1) is 21.4 Å². The van der Waals surface area contributed by atoms with Crippen LogP contribution in [-0.4, -0.2) is 102 Å². The first-order valence-electron chi connectivity index (χ1n) is 26.2. The van der Waals surface area contributed by atoms with E-state index in [1.807, 2.05) is 19.1 Å². The van der Waals surface area contributed by atoms with Crippen LogP contribution in [0.15, 0.2) is 108 Å². The zero-order valence-corrected chi connectivity index (χ0v) is 44.6. The van der Waals surface area contributed by atoms with Crippen LogP contribution in [0.3, 0.4) is 0 Å². The molecule has 2 aliphatic carbocycles. The predicted molar refractivity (Wildman–Crippen MR) is 292 cm³/mol. The Kier molecular flexibility index (Phi) is 14.9. The lowest BCUT2D eigenvalue weighted by atomic mass is 9.59. The summed E-state index contributed by atoms with van der Waals surface area (Å²) in [4.78, 5) is 40.4. The number of carbonyl (C=O) groups is 1. The molecule has 0 radical (unpaired) electrons. The van der Waals surface area contributed by atoms with Crippen molar-refractivity contribution in [3.63, 3.8) is 0 Å².